The van der Waals surface area contributed by atoms with Crippen molar-refractivity contribution in [2.45, 2.75) is 43.3 Å². The predicted molar refractivity (Wildman–Crippen MR) is 70.3 cm³/mol. The Morgan fingerprint density at radius 3 is 2.35 bits per heavy atom. The first kappa shape index (κ1) is 20.2. The molecule has 1 heterocycles. The van der Waals surface area contributed by atoms with E-state index in [4.69, 9.17) is 14.9 Å². The summed E-state index contributed by atoms with van der Waals surface area (Å²) in [5, 5.41) is 47.1. The van der Waals surface area contributed by atoms with E-state index in [9.17, 15) is 32.9 Å². The quantitative estimate of drug-likeness (QED) is 0.311. The molecule has 0 aliphatic carbocycles. The number of alkyl halides is 1. The van der Waals surface area contributed by atoms with Gasteiger partial charge in [-0.25, -0.2) is 13.4 Å². The van der Waals surface area contributed by atoms with Gasteiger partial charge < -0.3 is 30.3 Å². The topological polar surface area (TPSA) is 171 Å². The van der Waals surface area contributed by atoms with Crippen molar-refractivity contribution in [3.8, 4) is 0 Å². The molecule has 0 spiro atoms. The molecule has 0 saturated carbocycles. The fourth-order valence-electron chi connectivity index (χ4n) is 2.26. The van der Waals surface area contributed by atoms with Crippen LogP contribution in [0.1, 0.15) is 6.92 Å². The Morgan fingerprint density at radius 2 is 1.96 bits per heavy atom. The molecule has 5 N–H and O–H groups in total. The van der Waals surface area contributed by atoms with E-state index in [2.05, 4.69) is 4.18 Å². The van der Waals surface area contributed by atoms with Crippen LogP contribution in [0.2, 0.25) is 0 Å². The van der Waals surface area contributed by atoms with Gasteiger partial charge in [0.05, 0.1) is 25.1 Å². The second-order valence-electron chi connectivity index (χ2n) is 5.33. The highest BCUT2D eigenvalue weighted by atomic mass is 32.2. The Kier molecular flexibility index (Phi) is 6.07. The van der Waals surface area contributed by atoms with Gasteiger partial charge in [-0.1, -0.05) is 6.92 Å². The van der Waals surface area contributed by atoms with Crippen LogP contribution in [0.3, 0.4) is 0 Å². The van der Waals surface area contributed by atoms with Gasteiger partial charge in [0, 0.05) is 5.92 Å². The largest absolute Gasteiger partial charge is 0.477 e. The van der Waals surface area contributed by atoms with Crippen LogP contribution in [0.25, 0.3) is 0 Å². The Hall–Kier alpha value is -0.890. The minimum absolute atomic E-state index is 0.451. The third-order valence-corrected chi connectivity index (χ3v) is 4.07. The van der Waals surface area contributed by atoms with Crippen molar-refractivity contribution in [1.29, 1.82) is 0 Å². The summed E-state index contributed by atoms with van der Waals surface area (Å²) in [5.41, 5.74) is 0. The maximum absolute atomic E-state index is 14.3. The molecule has 7 atom stereocenters. The van der Waals surface area contributed by atoms with Crippen molar-refractivity contribution in [3.05, 3.63) is 0 Å². The maximum Gasteiger partial charge on any atom is 0.369 e. The van der Waals surface area contributed by atoms with Crippen molar-refractivity contribution in [1.82, 2.24) is 0 Å². The summed E-state index contributed by atoms with van der Waals surface area (Å²) < 4.78 is 45.8. The summed E-state index contributed by atoms with van der Waals surface area (Å²) in [6, 6.07) is 0. The molecule has 0 bridgehead atoms. The van der Waals surface area contributed by atoms with Gasteiger partial charge in [0.1, 0.15) is 12.2 Å². The monoisotopic (exact) mass is 362 g/mol. The highest BCUT2D eigenvalue weighted by Crippen LogP contribution is 2.39. The van der Waals surface area contributed by atoms with Crippen LogP contribution < -0.4 is 0 Å². The Bertz CT molecular complexity index is 535. The van der Waals surface area contributed by atoms with Crippen molar-refractivity contribution in [3.63, 3.8) is 0 Å². The third-order valence-electron chi connectivity index (χ3n) is 3.52. The predicted octanol–water partition coefficient (Wildman–Crippen LogP) is -2.81. The summed E-state index contributed by atoms with van der Waals surface area (Å²) >= 11 is 0. The fourth-order valence-corrected chi connectivity index (χ4v) is 2.91. The lowest BCUT2D eigenvalue weighted by Gasteiger charge is -2.46. The molecule has 0 aromatic carbocycles. The zero-order chi connectivity index (χ0) is 18.2. The fraction of sp³-hybridized carbons (Fsp3) is 0.909. The molecule has 0 aromatic heterocycles. The number of aliphatic hydroxyl groups is 4. The molecule has 2 unspecified atom stereocenters. The van der Waals surface area contributed by atoms with Gasteiger partial charge in [-0.15, -0.1) is 0 Å². The molecular formula is C11H19FO10S. The Labute approximate surface area is 131 Å². The first-order valence-electron chi connectivity index (χ1n) is 6.48. The Morgan fingerprint density at radius 1 is 1.43 bits per heavy atom. The van der Waals surface area contributed by atoms with Gasteiger partial charge in [-0.05, 0) is 0 Å². The molecule has 1 rings (SSSR count). The lowest BCUT2D eigenvalue weighted by atomic mass is 9.83. The second-order valence-corrected chi connectivity index (χ2v) is 6.91. The van der Waals surface area contributed by atoms with E-state index in [1.807, 2.05) is 0 Å². The molecule has 10 nitrogen and oxygen atoms in total. The molecule has 1 saturated heterocycles. The molecule has 0 aromatic rings. The van der Waals surface area contributed by atoms with Crippen LogP contribution in [0.4, 0.5) is 4.39 Å². The lowest BCUT2D eigenvalue weighted by molar-refractivity contribution is -0.316. The van der Waals surface area contributed by atoms with E-state index in [1.54, 1.807) is 0 Å². The third kappa shape index (κ3) is 3.96. The molecule has 0 radical (unpaired) electrons. The smallest absolute Gasteiger partial charge is 0.369 e. The average molecular weight is 362 g/mol. The van der Waals surface area contributed by atoms with Crippen LogP contribution >= 0.6 is 0 Å². The standard InChI is InChI=1S/C11H19FO10S/c1-4-6(15)9(12)11(10(17)18,22-23(2,19)20)21-8(4)7(16)5(14)3-13/h4-9,13-16H,3H2,1-2H3,(H,17,18)/t4-,5-,6+,7-,8?,9?,11-/m1/s1. The minimum atomic E-state index is -4.53. The summed E-state index contributed by atoms with van der Waals surface area (Å²) in [6.45, 7) is 0.247. The van der Waals surface area contributed by atoms with Crippen LogP contribution in [0, 0.1) is 5.92 Å². The zero-order valence-corrected chi connectivity index (χ0v) is 13.1. The normalized spacial score (nSPS) is 38.0. The molecule has 12 heteroatoms. The summed E-state index contributed by atoms with van der Waals surface area (Å²) in [4.78, 5) is 11.4. The van der Waals surface area contributed by atoms with E-state index in [0.29, 0.717) is 6.26 Å². The van der Waals surface area contributed by atoms with E-state index in [1.165, 1.54) is 6.92 Å². The SMILES string of the molecule is C[C@H]1C([C@H](O)[C@H](O)CO)O[C@](OS(C)(=O)=O)(C(=O)O)C(F)[C@H]1O. The van der Waals surface area contributed by atoms with Crippen LogP contribution in [0.5, 0.6) is 0 Å². The van der Waals surface area contributed by atoms with Crippen molar-refractivity contribution in [2.75, 3.05) is 12.9 Å². The molecule has 1 aliphatic rings. The summed E-state index contributed by atoms with van der Waals surface area (Å²) in [7, 11) is -4.53. The average Bonchev–Trinajstić information content (AvgIpc) is 2.44. The highest BCUT2D eigenvalue weighted by Gasteiger charge is 2.63. The molecular weight excluding hydrogens is 343 g/mol. The summed E-state index contributed by atoms with van der Waals surface area (Å²) in [5.74, 6) is -6.85. The molecule has 136 valence electrons. The van der Waals surface area contributed by atoms with Gasteiger partial charge in [0.25, 0.3) is 10.1 Å². The first-order chi connectivity index (χ1) is 10.4. The van der Waals surface area contributed by atoms with Crippen molar-refractivity contribution >= 4 is 16.1 Å². The van der Waals surface area contributed by atoms with E-state index >= 15 is 0 Å². The number of aliphatic hydroxyl groups excluding tert-OH is 4. The van der Waals surface area contributed by atoms with Crippen molar-refractivity contribution < 1.29 is 52.1 Å². The number of aliphatic carboxylic acids is 1. The number of ether oxygens (including phenoxy) is 1. The number of hydrogen-bond acceptors (Lipinski definition) is 9. The first-order valence-corrected chi connectivity index (χ1v) is 8.30. The number of halogens is 1. The highest BCUT2D eigenvalue weighted by molar-refractivity contribution is 7.86. The van der Waals surface area contributed by atoms with Gasteiger partial charge in [-0.3, -0.25) is 0 Å². The van der Waals surface area contributed by atoms with Gasteiger partial charge >= 0.3 is 11.8 Å². The van der Waals surface area contributed by atoms with Crippen LogP contribution in [0.15, 0.2) is 0 Å². The number of hydrogen-bond donors (Lipinski definition) is 5. The van der Waals surface area contributed by atoms with Crippen LogP contribution in [-0.4, -0.2) is 89.2 Å². The maximum atomic E-state index is 14.3. The van der Waals surface area contributed by atoms with E-state index in [0.717, 1.165) is 0 Å². The zero-order valence-electron chi connectivity index (χ0n) is 12.2. The molecule has 1 fully saturated rings. The van der Waals surface area contributed by atoms with Gasteiger partial charge in [0.15, 0.2) is 6.17 Å². The van der Waals surface area contributed by atoms with Crippen molar-refractivity contribution in [2.24, 2.45) is 5.92 Å². The number of carbonyl (C=O) groups is 1. The second kappa shape index (κ2) is 6.93. The minimum Gasteiger partial charge on any atom is -0.477 e. The molecule has 23 heavy (non-hydrogen) atoms. The number of rotatable bonds is 6. The van der Waals surface area contributed by atoms with E-state index in [-0.39, 0.29) is 0 Å². The molecule has 0 amide bonds. The number of carboxylic acids is 1. The molecule has 1 aliphatic heterocycles. The van der Waals surface area contributed by atoms with Crippen LogP contribution in [-0.2, 0) is 23.8 Å². The summed E-state index contributed by atoms with van der Waals surface area (Å²) in [6.07, 6.45) is -9.87. The number of carboxylic acid groups (broad SMARTS) is 1. The van der Waals surface area contributed by atoms with E-state index < -0.39 is 65.0 Å². The Balaban J connectivity index is 3.32. The lowest BCUT2D eigenvalue weighted by Crippen LogP contribution is -2.68. The van der Waals surface area contributed by atoms with Gasteiger partial charge in [-0.2, -0.15) is 8.42 Å². The van der Waals surface area contributed by atoms with Gasteiger partial charge in [0.2, 0.25) is 0 Å².